The third-order valence-corrected chi connectivity index (χ3v) is 5.36. The molecule has 3 nitrogen and oxygen atoms in total. The number of nitrogens with zero attached hydrogens (tertiary/aromatic N) is 1. The third-order valence-electron chi connectivity index (χ3n) is 5.36. The summed E-state index contributed by atoms with van der Waals surface area (Å²) in [7, 11) is 0. The third kappa shape index (κ3) is 2.27. The van der Waals surface area contributed by atoms with Crippen molar-refractivity contribution in [2.75, 3.05) is 0 Å². The van der Waals surface area contributed by atoms with Gasteiger partial charge in [-0.2, -0.15) is 0 Å². The van der Waals surface area contributed by atoms with Crippen molar-refractivity contribution in [3.05, 3.63) is 29.6 Å². The molecule has 1 aliphatic carbocycles. The van der Waals surface area contributed by atoms with Gasteiger partial charge < -0.3 is 9.84 Å². The van der Waals surface area contributed by atoms with Gasteiger partial charge in [0.15, 0.2) is 0 Å². The van der Waals surface area contributed by atoms with E-state index in [9.17, 15) is 5.11 Å². The molecule has 3 heteroatoms. The summed E-state index contributed by atoms with van der Waals surface area (Å²) in [4.78, 5) is 4.56. The summed E-state index contributed by atoms with van der Waals surface area (Å²) >= 11 is 0. The first-order chi connectivity index (χ1) is 9.59. The normalized spacial score (nSPS) is 38.5. The number of hydrogen-bond acceptors (Lipinski definition) is 3. The van der Waals surface area contributed by atoms with Gasteiger partial charge in [-0.25, -0.2) is 0 Å². The molecule has 1 N–H and O–H groups in total. The van der Waals surface area contributed by atoms with Gasteiger partial charge in [-0.1, -0.05) is 13.0 Å². The Morgan fingerprint density at radius 2 is 2.10 bits per heavy atom. The van der Waals surface area contributed by atoms with Gasteiger partial charge in [-0.05, 0) is 50.7 Å². The number of rotatable bonds is 2. The van der Waals surface area contributed by atoms with Crippen molar-refractivity contribution in [1.29, 1.82) is 0 Å². The fourth-order valence-corrected chi connectivity index (χ4v) is 4.13. The molecule has 6 atom stereocenters. The van der Waals surface area contributed by atoms with E-state index in [2.05, 4.69) is 31.8 Å². The van der Waals surface area contributed by atoms with E-state index in [1.807, 2.05) is 12.3 Å². The molecule has 0 aromatic carbocycles. The van der Waals surface area contributed by atoms with Crippen LogP contribution in [0.4, 0.5) is 0 Å². The first-order valence-electron chi connectivity index (χ1n) is 7.87. The van der Waals surface area contributed by atoms with Crippen LogP contribution in [0.3, 0.4) is 0 Å². The second kappa shape index (κ2) is 5.45. The number of aliphatic hydroxyl groups is 1. The second-order valence-corrected chi connectivity index (χ2v) is 6.52. The highest BCUT2D eigenvalue weighted by atomic mass is 16.5. The quantitative estimate of drug-likeness (QED) is 0.902. The molecule has 1 aromatic rings. The van der Waals surface area contributed by atoms with E-state index >= 15 is 0 Å². The highest BCUT2D eigenvalue weighted by molar-refractivity contribution is 5.27. The number of hydrogen-bond donors (Lipinski definition) is 1. The predicted molar refractivity (Wildman–Crippen MR) is 78.6 cm³/mol. The van der Waals surface area contributed by atoms with Crippen LogP contribution < -0.4 is 0 Å². The van der Waals surface area contributed by atoms with Gasteiger partial charge in [0, 0.05) is 23.7 Å². The van der Waals surface area contributed by atoms with Crippen LogP contribution in [0.5, 0.6) is 0 Å². The number of ether oxygens (including phenoxy) is 1. The van der Waals surface area contributed by atoms with Crippen LogP contribution in [0.1, 0.15) is 50.8 Å². The van der Waals surface area contributed by atoms with Gasteiger partial charge >= 0.3 is 0 Å². The molecule has 0 bridgehead atoms. The summed E-state index contributed by atoms with van der Waals surface area (Å²) in [6.07, 6.45) is 5.14. The Morgan fingerprint density at radius 3 is 2.80 bits per heavy atom. The lowest BCUT2D eigenvalue weighted by atomic mass is 9.74. The second-order valence-electron chi connectivity index (χ2n) is 6.52. The number of pyridine rings is 1. The van der Waals surface area contributed by atoms with Gasteiger partial charge in [0.05, 0.1) is 18.3 Å². The lowest BCUT2D eigenvalue weighted by Crippen LogP contribution is -2.37. The summed E-state index contributed by atoms with van der Waals surface area (Å²) in [5.41, 5.74) is 2.43. The summed E-state index contributed by atoms with van der Waals surface area (Å²) in [5.74, 6) is 0.779. The zero-order valence-corrected chi connectivity index (χ0v) is 12.6. The molecule has 2 aliphatic rings. The Hall–Kier alpha value is -0.930. The van der Waals surface area contributed by atoms with Crippen molar-refractivity contribution in [3.8, 4) is 0 Å². The lowest BCUT2D eigenvalue weighted by Gasteiger charge is -2.34. The molecule has 1 aliphatic heterocycles. The van der Waals surface area contributed by atoms with Gasteiger partial charge in [0.1, 0.15) is 0 Å². The van der Waals surface area contributed by atoms with Gasteiger partial charge in [-0.3, -0.25) is 4.98 Å². The van der Waals surface area contributed by atoms with Crippen LogP contribution in [0.25, 0.3) is 0 Å². The lowest BCUT2D eigenvalue weighted by molar-refractivity contribution is 0.0107. The molecule has 1 aromatic heterocycles. The molecule has 1 saturated heterocycles. The smallest absolute Gasteiger partial charge is 0.0680 e. The van der Waals surface area contributed by atoms with Crippen LogP contribution in [0.15, 0.2) is 18.3 Å². The molecule has 0 spiro atoms. The van der Waals surface area contributed by atoms with Crippen LogP contribution in [0, 0.1) is 11.8 Å². The highest BCUT2D eigenvalue weighted by Crippen LogP contribution is 2.42. The maximum absolute atomic E-state index is 11.0. The van der Waals surface area contributed by atoms with E-state index in [-0.39, 0.29) is 30.1 Å². The number of aryl methyl sites for hydroxylation is 1. The minimum atomic E-state index is -0.348. The molecule has 3 rings (SSSR count). The monoisotopic (exact) mass is 275 g/mol. The summed E-state index contributed by atoms with van der Waals surface area (Å²) < 4.78 is 5.91. The maximum Gasteiger partial charge on any atom is 0.0680 e. The van der Waals surface area contributed by atoms with Gasteiger partial charge in [0.2, 0.25) is 0 Å². The topological polar surface area (TPSA) is 42.4 Å². The first-order valence-corrected chi connectivity index (χ1v) is 7.87. The molecule has 2 heterocycles. The van der Waals surface area contributed by atoms with E-state index in [0.717, 1.165) is 25.0 Å². The Balaban J connectivity index is 1.87. The van der Waals surface area contributed by atoms with Gasteiger partial charge in [0.25, 0.3) is 0 Å². The fourth-order valence-electron chi connectivity index (χ4n) is 4.13. The molecular weight excluding hydrogens is 250 g/mol. The number of aromatic nitrogens is 1. The van der Waals surface area contributed by atoms with Crippen molar-refractivity contribution < 1.29 is 9.84 Å². The summed E-state index contributed by atoms with van der Waals surface area (Å²) in [6.45, 7) is 6.40. The van der Waals surface area contributed by atoms with Crippen molar-refractivity contribution in [2.24, 2.45) is 11.8 Å². The van der Waals surface area contributed by atoms with E-state index < -0.39 is 0 Å². The summed E-state index contributed by atoms with van der Waals surface area (Å²) in [6, 6.07) is 4.15. The zero-order chi connectivity index (χ0) is 14.3. The molecule has 0 saturated carbocycles. The Morgan fingerprint density at radius 1 is 1.30 bits per heavy atom. The molecule has 1 fully saturated rings. The SMILES string of the molecule is CC1OC(C)C(C(O)C2CCCc3cccnc32)C1C. The number of fused-ring (bicyclic) bond motifs is 1. The van der Waals surface area contributed by atoms with E-state index in [4.69, 9.17) is 4.74 Å². The molecule has 0 radical (unpaired) electrons. The van der Waals surface area contributed by atoms with Gasteiger partial charge in [-0.15, -0.1) is 0 Å². The van der Waals surface area contributed by atoms with E-state index in [0.29, 0.717) is 5.92 Å². The Bertz CT molecular complexity index is 476. The van der Waals surface area contributed by atoms with Crippen LogP contribution >= 0.6 is 0 Å². The van der Waals surface area contributed by atoms with Crippen LogP contribution in [0.2, 0.25) is 0 Å². The largest absolute Gasteiger partial charge is 0.392 e. The molecule has 20 heavy (non-hydrogen) atoms. The van der Waals surface area contributed by atoms with Crippen molar-refractivity contribution in [2.45, 2.75) is 64.3 Å². The highest BCUT2D eigenvalue weighted by Gasteiger charge is 2.44. The molecule has 0 amide bonds. The predicted octanol–water partition coefficient (Wildman–Crippen LogP) is 2.92. The number of aliphatic hydroxyl groups excluding tert-OH is 1. The average molecular weight is 275 g/mol. The molecular formula is C17H25NO2. The first kappa shape index (κ1) is 14.0. The summed E-state index contributed by atoms with van der Waals surface area (Å²) in [5, 5.41) is 11.0. The molecule has 6 unspecified atom stereocenters. The molecule has 110 valence electrons. The Labute approximate surface area is 121 Å². The Kier molecular flexibility index (Phi) is 3.83. The minimum absolute atomic E-state index is 0.129. The van der Waals surface area contributed by atoms with Crippen molar-refractivity contribution in [1.82, 2.24) is 4.98 Å². The van der Waals surface area contributed by atoms with Crippen molar-refractivity contribution in [3.63, 3.8) is 0 Å². The zero-order valence-electron chi connectivity index (χ0n) is 12.6. The minimum Gasteiger partial charge on any atom is -0.392 e. The van der Waals surface area contributed by atoms with E-state index in [1.54, 1.807) is 0 Å². The van der Waals surface area contributed by atoms with Crippen LogP contribution in [-0.2, 0) is 11.2 Å². The maximum atomic E-state index is 11.0. The average Bonchev–Trinajstić information content (AvgIpc) is 2.71. The van der Waals surface area contributed by atoms with E-state index in [1.165, 1.54) is 5.56 Å². The van der Waals surface area contributed by atoms with Crippen molar-refractivity contribution >= 4 is 0 Å². The van der Waals surface area contributed by atoms with Crippen LogP contribution in [-0.4, -0.2) is 28.4 Å². The fraction of sp³-hybridized carbons (Fsp3) is 0.706. The standard InChI is InChI=1S/C17H25NO2/c1-10-11(2)20-12(3)15(10)17(19)14-8-4-6-13-7-5-9-18-16(13)14/h5,7,9-12,14-15,17,19H,4,6,8H2,1-3H3.